The van der Waals surface area contributed by atoms with Crippen LogP contribution in [0.3, 0.4) is 0 Å². The number of nitrogens with zero attached hydrogens (tertiary/aromatic N) is 5. The van der Waals surface area contributed by atoms with Gasteiger partial charge in [0.2, 0.25) is 5.95 Å². The molecule has 5 rings (SSSR count). The summed E-state index contributed by atoms with van der Waals surface area (Å²) in [6, 6.07) is 9.40. The van der Waals surface area contributed by atoms with Crippen LogP contribution in [-0.4, -0.2) is 44.4 Å². The Labute approximate surface area is 191 Å². The predicted octanol–water partition coefficient (Wildman–Crippen LogP) is 3.53. The molecule has 2 bridgehead atoms. The molecule has 0 spiro atoms. The highest BCUT2D eigenvalue weighted by Crippen LogP contribution is 2.38. The smallest absolute Gasteiger partial charge is 0.252 e. The number of hydrogen-bond donors (Lipinski definition) is 2. The maximum absolute atomic E-state index is 12.0. The first-order valence-electron chi connectivity index (χ1n) is 11.1. The number of carbonyl (C=O) groups excluding carboxylic acids is 1. The van der Waals surface area contributed by atoms with Crippen molar-refractivity contribution in [1.82, 2.24) is 25.1 Å². The van der Waals surface area contributed by atoms with Crippen LogP contribution in [0.5, 0.6) is 0 Å². The number of anilines is 2. The Bertz CT molecular complexity index is 1190. The molecule has 2 N–H and O–H groups in total. The molecule has 9 nitrogen and oxygen atoms in total. The summed E-state index contributed by atoms with van der Waals surface area (Å²) in [6.07, 6.45) is 10.6. The van der Waals surface area contributed by atoms with Gasteiger partial charge in [-0.2, -0.15) is 10.4 Å². The Kier molecular flexibility index (Phi) is 5.75. The lowest BCUT2D eigenvalue weighted by atomic mass is 10.0. The second kappa shape index (κ2) is 9.00. The summed E-state index contributed by atoms with van der Waals surface area (Å²) < 4.78 is 7.97. The molecule has 168 valence electrons. The summed E-state index contributed by atoms with van der Waals surface area (Å²) in [5.41, 5.74) is 3.92. The van der Waals surface area contributed by atoms with E-state index in [4.69, 9.17) is 15.0 Å². The fourth-order valence-corrected chi connectivity index (χ4v) is 4.57. The van der Waals surface area contributed by atoms with Crippen molar-refractivity contribution < 1.29 is 9.53 Å². The van der Waals surface area contributed by atoms with E-state index < -0.39 is 0 Å². The van der Waals surface area contributed by atoms with E-state index in [9.17, 15) is 4.79 Å². The van der Waals surface area contributed by atoms with Crippen LogP contribution in [0.15, 0.2) is 42.9 Å². The molecule has 9 heteroatoms. The minimum absolute atomic E-state index is 0.0209. The highest BCUT2D eigenvalue weighted by atomic mass is 16.5. The molecule has 2 fully saturated rings. The normalized spacial score (nSPS) is 21.4. The fourth-order valence-electron chi connectivity index (χ4n) is 4.57. The number of fused-ring (bicyclic) bond motifs is 2. The molecule has 1 amide bonds. The first kappa shape index (κ1) is 21.1. The Morgan fingerprint density at radius 3 is 2.70 bits per heavy atom. The number of carbonyl (C=O) groups is 1. The van der Waals surface area contributed by atoms with Gasteiger partial charge in [-0.05, 0) is 50.3 Å². The standard InChI is InChI=1S/C24H25N7O2/c1-15-12-27-24(30-22(15)16-2-4-17(5-3-16)23(32)26-9-8-25)29-18-13-28-31(14-18)19-10-20-6-7-21(11-19)33-20/h2-5,12-14,19-21H,6-7,9-11H2,1H3,(H,26,32)(H,27,29,30)/t19?,20-,21+. The summed E-state index contributed by atoms with van der Waals surface area (Å²) >= 11 is 0. The van der Waals surface area contributed by atoms with E-state index >= 15 is 0 Å². The van der Waals surface area contributed by atoms with Crippen LogP contribution in [-0.2, 0) is 4.74 Å². The van der Waals surface area contributed by atoms with Gasteiger partial charge in [-0.25, -0.2) is 9.97 Å². The van der Waals surface area contributed by atoms with Gasteiger partial charge in [-0.3, -0.25) is 9.48 Å². The summed E-state index contributed by atoms with van der Waals surface area (Å²) in [5, 5.41) is 19.0. The van der Waals surface area contributed by atoms with Crippen LogP contribution in [0.1, 0.15) is 47.6 Å². The van der Waals surface area contributed by atoms with Gasteiger partial charge >= 0.3 is 0 Å². The van der Waals surface area contributed by atoms with Gasteiger partial charge in [-0.15, -0.1) is 0 Å². The van der Waals surface area contributed by atoms with Crippen molar-refractivity contribution in [2.45, 2.75) is 50.9 Å². The Hall–Kier alpha value is -3.77. The monoisotopic (exact) mass is 443 g/mol. The van der Waals surface area contributed by atoms with Crippen molar-refractivity contribution in [1.29, 1.82) is 5.26 Å². The van der Waals surface area contributed by atoms with Crippen LogP contribution in [0.4, 0.5) is 11.6 Å². The number of ether oxygens (including phenoxy) is 1. The van der Waals surface area contributed by atoms with Crippen LogP contribution in [0.25, 0.3) is 11.3 Å². The SMILES string of the molecule is Cc1cnc(Nc2cnn(C3C[C@H]4CC[C@@H](C3)O4)c2)nc1-c1ccc(C(=O)NCC#N)cc1. The van der Waals surface area contributed by atoms with Crippen molar-refractivity contribution in [3.63, 3.8) is 0 Å². The zero-order valence-corrected chi connectivity index (χ0v) is 18.4. The fraction of sp³-hybridized carbons (Fsp3) is 0.375. The quantitative estimate of drug-likeness (QED) is 0.560. The average Bonchev–Trinajstić information content (AvgIpc) is 3.44. The van der Waals surface area contributed by atoms with Gasteiger partial charge in [0.15, 0.2) is 0 Å². The van der Waals surface area contributed by atoms with Crippen LogP contribution in [0, 0.1) is 18.3 Å². The molecule has 0 radical (unpaired) electrons. The highest BCUT2D eigenvalue weighted by Gasteiger charge is 2.36. The van der Waals surface area contributed by atoms with Crippen molar-refractivity contribution in [2.75, 3.05) is 11.9 Å². The second-order valence-corrected chi connectivity index (χ2v) is 8.56. The molecular weight excluding hydrogens is 418 g/mol. The number of aryl methyl sites for hydroxylation is 1. The summed E-state index contributed by atoms with van der Waals surface area (Å²) in [6.45, 7) is 1.93. The number of aromatic nitrogens is 4. The van der Waals surface area contributed by atoms with Crippen molar-refractivity contribution >= 4 is 17.5 Å². The van der Waals surface area contributed by atoms with Gasteiger partial charge in [0.05, 0.1) is 41.9 Å². The Morgan fingerprint density at radius 2 is 1.97 bits per heavy atom. The predicted molar refractivity (Wildman–Crippen MR) is 122 cm³/mol. The molecule has 3 aromatic rings. The van der Waals surface area contributed by atoms with E-state index in [1.807, 2.05) is 36.0 Å². The van der Waals surface area contributed by atoms with E-state index in [1.54, 1.807) is 24.5 Å². The van der Waals surface area contributed by atoms with Gasteiger partial charge in [0.1, 0.15) is 6.54 Å². The number of amides is 1. The van der Waals surface area contributed by atoms with Crippen molar-refractivity contribution in [3.05, 3.63) is 54.0 Å². The molecule has 0 aliphatic carbocycles. The molecule has 2 aliphatic heterocycles. The first-order valence-corrected chi connectivity index (χ1v) is 11.1. The first-order chi connectivity index (χ1) is 16.1. The van der Waals surface area contributed by atoms with Gasteiger partial charge < -0.3 is 15.4 Å². The number of rotatable bonds is 6. The zero-order chi connectivity index (χ0) is 22.8. The van der Waals surface area contributed by atoms with Gasteiger partial charge in [0.25, 0.3) is 5.91 Å². The maximum Gasteiger partial charge on any atom is 0.252 e. The van der Waals surface area contributed by atoms with E-state index in [0.717, 1.165) is 48.2 Å². The Morgan fingerprint density at radius 1 is 1.21 bits per heavy atom. The van der Waals surface area contributed by atoms with Crippen molar-refractivity contribution in [2.24, 2.45) is 0 Å². The lowest BCUT2D eigenvalue weighted by Crippen LogP contribution is -2.27. The molecule has 2 aliphatic rings. The van der Waals surface area contributed by atoms with E-state index in [0.29, 0.717) is 29.8 Å². The van der Waals surface area contributed by atoms with E-state index in [-0.39, 0.29) is 12.5 Å². The Balaban J connectivity index is 1.30. The largest absolute Gasteiger partial charge is 0.375 e. The molecule has 1 unspecified atom stereocenters. The van der Waals surface area contributed by atoms with Gasteiger partial charge in [0, 0.05) is 23.5 Å². The average molecular weight is 444 g/mol. The third-order valence-corrected chi connectivity index (χ3v) is 6.22. The third kappa shape index (κ3) is 4.56. The lowest BCUT2D eigenvalue weighted by molar-refractivity contribution is -0.0180. The second-order valence-electron chi connectivity index (χ2n) is 8.56. The highest BCUT2D eigenvalue weighted by molar-refractivity contribution is 5.94. The zero-order valence-electron chi connectivity index (χ0n) is 18.4. The summed E-state index contributed by atoms with van der Waals surface area (Å²) in [4.78, 5) is 21.1. The molecular formula is C24H25N7O2. The topological polar surface area (TPSA) is 118 Å². The third-order valence-electron chi connectivity index (χ3n) is 6.22. The molecule has 4 heterocycles. The molecule has 0 saturated carbocycles. The summed E-state index contributed by atoms with van der Waals surface area (Å²) in [7, 11) is 0. The molecule has 2 saturated heterocycles. The van der Waals surface area contributed by atoms with Crippen molar-refractivity contribution in [3.8, 4) is 17.3 Å². The minimum atomic E-state index is -0.278. The maximum atomic E-state index is 12.0. The molecule has 33 heavy (non-hydrogen) atoms. The summed E-state index contributed by atoms with van der Waals surface area (Å²) in [5.74, 6) is 0.206. The van der Waals surface area contributed by atoms with Crippen LogP contribution in [0.2, 0.25) is 0 Å². The lowest BCUT2D eigenvalue weighted by Gasteiger charge is -2.28. The molecule has 2 aromatic heterocycles. The van der Waals surface area contributed by atoms with Crippen LogP contribution < -0.4 is 10.6 Å². The van der Waals surface area contributed by atoms with Gasteiger partial charge in [-0.1, -0.05) is 12.1 Å². The molecule has 3 atom stereocenters. The molecule has 1 aromatic carbocycles. The van der Waals surface area contributed by atoms with Crippen LogP contribution >= 0.6 is 0 Å². The number of nitrogens with one attached hydrogen (secondary N) is 2. The van der Waals surface area contributed by atoms with E-state index in [1.165, 1.54) is 0 Å². The van der Waals surface area contributed by atoms with E-state index in [2.05, 4.69) is 20.7 Å². The number of nitriles is 1. The minimum Gasteiger partial charge on any atom is -0.375 e. The number of benzene rings is 1. The number of hydrogen-bond acceptors (Lipinski definition) is 7.